The molecular weight excluding hydrogens is 262 g/mol. The molecule has 2 aliphatic carbocycles. The summed E-state index contributed by atoms with van der Waals surface area (Å²) in [4.78, 5) is 0. The summed E-state index contributed by atoms with van der Waals surface area (Å²) in [5.41, 5.74) is 1.50. The highest BCUT2D eigenvalue weighted by atomic mass is 16.5. The number of hydrogen-bond donors (Lipinski definition) is 1. The highest BCUT2D eigenvalue weighted by Crippen LogP contribution is 2.58. The highest BCUT2D eigenvalue weighted by molar-refractivity contribution is 5.57. The van der Waals surface area contributed by atoms with Gasteiger partial charge in [0, 0.05) is 18.1 Å². The molecule has 0 saturated heterocycles. The standard InChI is InChI=1S/C18H27NO2/c1-4-20-17-12-16(18(17)10-7-11-18)19-14-8-5-6-9-15(14)21-13(2)3/h5-6,8-9,13,16-17,19H,4,7,10-12H2,1-3H3. The van der Waals surface area contributed by atoms with Crippen molar-refractivity contribution in [3.63, 3.8) is 0 Å². The highest BCUT2D eigenvalue weighted by Gasteiger charge is 2.59. The molecule has 3 heteroatoms. The van der Waals surface area contributed by atoms with Crippen molar-refractivity contribution in [2.24, 2.45) is 5.41 Å². The van der Waals surface area contributed by atoms with Gasteiger partial charge in [-0.25, -0.2) is 0 Å². The molecule has 2 fully saturated rings. The molecule has 0 aliphatic heterocycles. The van der Waals surface area contributed by atoms with Gasteiger partial charge < -0.3 is 14.8 Å². The van der Waals surface area contributed by atoms with Crippen molar-refractivity contribution in [2.75, 3.05) is 11.9 Å². The summed E-state index contributed by atoms with van der Waals surface area (Å²) >= 11 is 0. The molecule has 21 heavy (non-hydrogen) atoms. The van der Waals surface area contributed by atoms with E-state index in [4.69, 9.17) is 9.47 Å². The molecule has 0 aromatic heterocycles. The number of benzene rings is 1. The SMILES string of the molecule is CCOC1CC(Nc2ccccc2OC(C)C)C12CCC2. The maximum atomic E-state index is 5.93. The maximum absolute atomic E-state index is 5.93. The fourth-order valence-corrected chi connectivity index (χ4v) is 3.77. The Balaban J connectivity index is 1.70. The van der Waals surface area contributed by atoms with Gasteiger partial charge >= 0.3 is 0 Å². The van der Waals surface area contributed by atoms with Gasteiger partial charge in [0.25, 0.3) is 0 Å². The smallest absolute Gasteiger partial charge is 0.142 e. The van der Waals surface area contributed by atoms with Crippen LogP contribution in [0.5, 0.6) is 5.75 Å². The fourth-order valence-electron chi connectivity index (χ4n) is 3.77. The lowest BCUT2D eigenvalue weighted by Crippen LogP contribution is -2.64. The second-order valence-corrected chi connectivity index (χ2v) is 6.63. The van der Waals surface area contributed by atoms with Crippen LogP contribution in [0.3, 0.4) is 0 Å². The predicted octanol–water partition coefficient (Wildman–Crippen LogP) is 4.23. The molecule has 2 unspecified atom stereocenters. The van der Waals surface area contributed by atoms with Crippen LogP contribution in [-0.4, -0.2) is 24.9 Å². The van der Waals surface area contributed by atoms with Crippen molar-refractivity contribution in [1.29, 1.82) is 0 Å². The van der Waals surface area contributed by atoms with Gasteiger partial charge in [0.05, 0.1) is 17.9 Å². The van der Waals surface area contributed by atoms with Gasteiger partial charge in [0.1, 0.15) is 5.75 Å². The number of ether oxygens (including phenoxy) is 2. The van der Waals surface area contributed by atoms with Crippen molar-refractivity contribution in [1.82, 2.24) is 0 Å². The Hall–Kier alpha value is -1.22. The van der Waals surface area contributed by atoms with Gasteiger partial charge in [0.2, 0.25) is 0 Å². The lowest BCUT2D eigenvalue weighted by Gasteiger charge is -2.61. The molecule has 2 saturated carbocycles. The first kappa shape index (κ1) is 14.7. The van der Waals surface area contributed by atoms with Gasteiger partial charge in [0.15, 0.2) is 0 Å². The third kappa shape index (κ3) is 2.64. The van der Waals surface area contributed by atoms with E-state index in [9.17, 15) is 0 Å². The predicted molar refractivity (Wildman–Crippen MR) is 85.9 cm³/mol. The normalized spacial score (nSPS) is 26.3. The quantitative estimate of drug-likeness (QED) is 0.850. The van der Waals surface area contributed by atoms with E-state index >= 15 is 0 Å². The summed E-state index contributed by atoms with van der Waals surface area (Å²) in [5, 5.41) is 3.73. The molecule has 3 rings (SSSR count). The van der Waals surface area contributed by atoms with E-state index in [1.54, 1.807) is 0 Å². The van der Waals surface area contributed by atoms with Gasteiger partial charge in [-0.3, -0.25) is 0 Å². The van der Waals surface area contributed by atoms with Crippen LogP contribution in [0.2, 0.25) is 0 Å². The second kappa shape index (κ2) is 5.88. The number of anilines is 1. The molecule has 2 atom stereocenters. The lowest BCUT2D eigenvalue weighted by atomic mass is 9.51. The first-order valence-electron chi connectivity index (χ1n) is 8.29. The maximum Gasteiger partial charge on any atom is 0.142 e. The van der Waals surface area contributed by atoms with E-state index < -0.39 is 0 Å². The molecule has 0 heterocycles. The molecule has 1 N–H and O–H groups in total. The molecular formula is C18H27NO2. The average Bonchev–Trinajstić information content (AvgIpc) is 2.36. The Kier molecular flexibility index (Phi) is 4.12. The zero-order valence-electron chi connectivity index (χ0n) is 13.4. The molecule has 1 aromatic carbocycles. The van der Waals surface area contributed by atoms with Crippen LogP contribution in [0, 0.1) is 5.41 Å². The van der Waals surface area contributed by atoms with Crippen LogP contribution >= 0.6 is 0 Å². The summed E-state index contributed by atoms with van der Waals surface area (Å²) in [7, 11) is 0. The van der Waals surface area contributed by atoms with Gasteiger partial charge in [-0.1, -0.05) is 18.6 Å². The third-order valence-electron chi connectivity index (χ3n) is 5.02. The van der Waals surface area contributed by atoms with E-state index in [-0.39, 0.29) is 6.10 Å². The molecule has 0 bridgehead atoms. The van der Waals surface area contributed by atoms with Crippen LogP contribution < -0.4 is 10.1 Å². The Labute approximate surface area is 128 Å². The van der Waals surface area contributed by atoms with Crippen LogP contribution in [-0.2, 0) is 4.74 Å². The van der Waals surface area contributed by atoms with Crippen LogP contribution in [0.25, 0.3) is 0 Å². The van der Waals surface area contributed by atoms with Crippen molar-refractivity contribution in [2.45, 2.75) is 64.7 Å². The van der Waals surface area contributed by atoms with E-state index in [0.29, 0.717) is 17.6 Å². The number of nitrogens with one attached hydrogen (secondary N) is 1. The molecule has 1 aromatic rings. The first-order valence-corrected chi connectivity index (χ1v) is 8.29. The van der Waals surface area contributed by atoms with Crippen molar-refractivity contribution in [3.8, 4) is 5.75 Å². The summed E-state index contributed by atoms with van der Waals surface area (Å²) in [6, 6.07) is 8.81. The Morgan fingerprint density at radius 3 is 2.67 bits per heavy atom. The lowest BCUT2D eigenvalue weighted by molar-refractivity contribution is -0.157. The monoisotopic (exact) mass is 289 g/mol. The van der Waals surface area contributed by atoms with E-state index in [1.165, 1.54) is 19.3 Å². The minimum Gasteiger partial charge on any atom is -0.489 e. The first-order chi connectivity index (χ1) is 10.2. The third-order valence-corrected chi connectivity index (χ3v) is 5.02. The number of hydrogen-bond acceptors (Lipinski definition) is 3. The van der Waals surface area contributed by atoms with E-state index in [0.717, 1.165) is 24.5 Å². The zero-order chi connectivity index (χ0) is 14.9. The minimum absolute atomic E-state index is 0.197. The van der Waals surface area contributed by atoms with Crippen LogP contribution in [0.4, 0.5) is 5.69 Å². The summed E-state index contributed by atoms with van der Waals surface area (Å²) in [6.07, 6.45) is 5.69. The molecule has 3 nitrogen and oxygen atoms in total. The molecule has 1 spiro atoms. The van der Waals surface area contributed by atoms with E-state index in [2.05, 4.69) is 44.3 Å². The van der Waals surface area contributed by atoms with Gasteiger partial charge in [-0.05, 0) is 52.2 Å². The largest absolute Gasteiger partial charge is 0.489 e. The summed E-state index contributed by atoms with van der Waals surface area (Å²) < 4.78 is 11.8. The van der Waals surface area contributed by atoms with Crippen molar-refractivity contribution < 1.29 is 9.47 Å². The van der Waals surface area contributed by atoms with E-state index in [1.807, 2.05) is 6.07 Å². The fraction of sp³-hybridized carbons (Fsp3) is 0.667. The molecule has 2 aliphatic rings. The Morgan fingerprint density at radius 2 is 2.05 bits per heavy atom. The average molecular weight is 289 g/mol. The van der Waals surface area contributed by atoms with Crippen molar-refractivity contribution >= 4 is 5.69 Å². The Bertz CT molecular complexity index is 482. The topological polar surface area (TPSA) is 30.5 Å². The minimum atomic E-state index is 0.197. The number of para-hydroxylation sites is 2. The van der Waals surface area contributed by atoms with Crippen molar-refractivity contribution in [3.05, 3.63) is 24.3 Å². The zero-order valence-corrected chi connectivity index (χ0v) is 13.4. The Morgan fingerprint density at radius 1 is 1.29 bits per heavy atom. The van der Waals surface area contributed by atoms with Gasteiger partial charge in [-0.15, -0.1) is 0 Å². The van der Waals surface area contributed by atoms with Crippen LogP contribution in [0.15, 0.2) is 24.3 Å². The molecule has 0 amide bonds. The molecule has 116 valence electrons. The number of rotatable bonds is 6. The summed E-state index contributed by atoms with van der Waals surface area (Å²) in [5.74, 6) is 0.960. The molecule has 0 radical (unpaired) electrons. The summed E-state index contributed by atoms with van der Waals surface area (Å²) in [6.45, 7) is 7.06. The van der Waals surface area contributed by atoms with Gasteiger partial charge in [-0.2, -0.15) is 0 Å². The van der Waals surface area contributed by atoms with Crippen LogP contribution in [0.1, 0.15) is 46.5 Å². The second-order valence-electron chi connectivity index (χ2n) is 6.63.